The number of anilines is 1. The van der Waals surface area contributed by atoms with Gasteiger partial charge in [-0.1, -0.05) is 32.0 Å². The van der Waals surface area contributed by atoms with Crippen molar-refractivity contribution < 1.29 is 37.8 Å². The maximum atomic E-state index is 14.7. The standard InChI is InChI=1S/C28H28F3N5O4/c1-13(2)8-20(35(3)25(38)19-9-14-16(29)10-17(30)22(31)23(14)33-19)26(39)36-12-28(11-21(36)24(32)37)15-6-4-5-7-18(15)34-27(28)40/h4-7,9-10,13,20-21,33H,8,11-12H2,1-3H3,(H2,32,37)(H,34,40)/t20-,21-,28-/m0/s1/i9D,10D,12D2. The molecule has 9 nitrogen and oxygen atoms in total. The number of benzene rings is 2. The van der Waals surface area contributed by atoms with Crippen LogP contribution < -0.4 is 11.1 Å². The number of H-pyrrole nitrogens is 1. The Kier molecular flexibility index (Phi) is 5.44. The highest BCUT2D eigenvalue weighted by Gasteiger charge is 2.57. The first-order valence-electron chi connectivity index (χ1n) is 14.4. The molecule has 1 spiro atoms. The summed E-state index contributed by atoms with van der Waals surface area (Å²) < 4.78 is 77.3. The van der Waals surface area contributed by atoms with Gasteiger partial charge in [0.25, 0.3) is 5.91 Å². The van der Waals surface area contributed by atoms with E-state index >= 15 is 0 Å². The molecule has 0 radical (unpaired) electrons. The van der Waals surface area contributed by atoms with Gasteiger partial charge in [0.2, 0.25) is 17.7 Å². The van der Waals surface area contributed by atoms with Crippen molar-refractivity contribution in [1.29, 1.82) is 0 Å². The SMILES string of the molecule is [2H]c1c(F)c(F)c2[nH]c(C(=O)N(C)[C@@H](CC(C)C)C(=O)N3[C@H](C(N)=O)C[C@]4(C(=O)Nc5ccccc54)C3([2H])[2H])c([2H])c2c1F. The normalized spacial score (nSPS) is 23.4. The fraction of sp³-hybridized carbons (Fsp3) is 0.357. The van der Waals surface area contributed by atoms with Crippen molar-refractivity contribution in [2.45, 2.75) is 44.2 Å². The summed E-state index contributed by atoms with van der Waals surface area (Å²) >= 11 is 0. The van der Waals surface area contributed by atoms with Gasteiger partial charge in [0.05, 0.1) is 16.4 Å². The van der Waals surface area contributed by atoms with E-state index in [1.165, 1.54) is 6.07 Å². The molecule has 0 aliphatic carbocycles. The first-order chi connectivity index (χ1) is 20.5. The number of fused-ring (bicyclic) bond motifs is 3. The van der Waals surface area contributed by atoms with Gasteiger partial charge in [0.15, 0.2) is 11.6 Å². The first kappa shape index (κ1) is 22.5. The number of hydrogen-bond donors (Lipinski definition) is 3. The number of nitrogens with zero attached hydrogens (tertiary/aromatic N) is 2. The molecule has 4 amide bonds. The maximum absolute atomic E-state index is 14.7. The lowest BCUT2D eigenvalue weighted by Crippen LogP contribution is -2.54. The number of nitrogens with two attached hydrogens (primary N) is 1. The smallest absolute Gasteiger partial charge is 0.270 e. The average molecular weight is 560 g/mol. The van der Waals surface area contributed by atoms with Crippen LogP contribution in [0.15, 0.2) is 36.4 Å². The number of rotatable bonds is 6. The van der Waals surface area contributed by atoms with Gasteiger partial charge in [-0.3, -0.25) is 19.2 Å². The van der Waals surface area contributed by atoms with Gasteiger partial charge in [-0.25, -0.2) is 13.2 Å². The lowest BCUT2D eigenvalue weighted by molar-refractivity contribution is -0.141. The number of hydrogen-bond acceptors (Lipinski definition) is 4. The Morgan fingerprint density at radius 2 is 1.93 bits per heavy atom. The van der Waals surface area contributed by atoms with E-state index in [2.05, 4.69) is 10.3 Å². The number of nitrogens with one attached hydrogen (secondary N) is 2. The zero-order valence-electron chi connectivity index (χ0n) is 25.7. The van der Waals surface area contributed by atoms with E-state index in [-0.39, 0.29) is 17.9 Å². The highest BCUT2D eigenvalue weighted by Crippen LogP contribution is 2.46. The second-order valence-electron chi connectivity index (χ2n) is 10.4. The highest BCUT2D eigenvalue weighted by molar-refractivity contribution is 6.08. The van der Waals surface area contributed by atoms with E-state index in [9.17, 15) is 32.3 Å². The van der Waals surface area contributed by atoms with Gasteiger partial charge >= 0.3 is 0 Å². The van der Waals surface area contributed by atoms with Gasteiger partial charge in [-0.05, 0) is 36.4 Å². The van der Waals surface area contributed by atoms with Gasteiger partial charge in [0.1, 0.15) is 23.6 Å². The van der Waals surface area contributed by atoms with Crippen LogP contribution >= 0.6 is 0 Å². The van der Waals surface area contributed by atoms with E-state index < -0.39 is 100 Å². The summed E-state index contributed by atoms with van der Waals surface area (Å²) in [6.45, 7) is 0.579. The minimum atomic E-state index is -2.82. The number of aromatic nitrogens is 1. The predicted octanol–water partition coefficient (Wildman–Crippen LogP) is 3.05. The summed E-state index contributed by atoms with van der Waals surface area (Å²) in [6.07, 6.45) is -0.578. The minimum Gasteiger partial charge on any atom is -0.368 e. The zero-order chi connectivity index (χ0) is 32.6. The molecular weight excluding hydrogens is 527 g/mol. The van der Waals surface area contributed by atoms with E-state index in [0.717, 1.165) is 11.9 Å². The summed E-state index contributed by atoms with van der Waals surface area (Å²) in [6, 6.07) is 0.827. The lowest BCUT2D eigenvalue weighted by atomic mass is 9.79. The molecule has 1 saturated heterocycles. The molecule has 0 bridgehead atoms. The quantitative estimate of drug-likeness (QED) is 0.401. The molecule has 5 rings (SSSR count). The molecule has 210 valence electrons. The highest BCUT2D eigenvalue weighted by atomic mass is 19.2. The Morgan fingerprint density at radius 3 is 2.60 bits per heavy atom. The first-order valence-corrected chi connectivity index (χ1v) is 12.4. The van der Waals surface area contributed by atoms with E-state index in [0.29, 0.717) is 10.6 Å². The molecule has 3 atom stereocenters. The van der Waals surface area contributed by atoms with Crippen LogP contribution in [-0.4, -0.2) is 64.0 Å². The number of aromatic amines is 1. The number of amides is 4. The van der Waals surface area contributed by atoms with Crippen molar-refractivity contribution in [3.8, 4) is 0 Å². The Morgan fingerprint density at radius 1 is 1.23 bits per heavy atom. The second kappa shape index (κ2) is 9.68. The monoisotopic (exact) mass is 559 g/mol. The molecule has 1 fully saturated rings. The average Bonchev–Trinajstić information content (AvgIpc) is 3.55. The maximum Gasteiger partial charge on any atom is 0.270 e. The summed E-state index contributed by atoms with van der Waals surface area (Å²) in [5.41, 5.74) is 2.59. The molecule has 2 aromatic carbocycles. The number of likely N-dealkylation sites (N-methyl/N-ethyl adjacent to an activating group) is 1. The fourth-order valence-corrected chi connectivity index (χ4v) is 5.29. The van der Waals surface area contributed by atoms with Crippen LogP contribution in [-0.2, 0) is 19.8 Å². The van der Waals surface area contributed by atoms with Crippen LogP contribution in [0, 0.1) is 23.4 Å². The molecule has 3 aromatic rings. The van der Waals surface area contributed by atoms with E-state index in [1.54, 1.807) is 32.0 Å². The van der Waals surface area contributed by atoms with Crippen molar-refractivity contribution in [2.75, 3.05) is 18.9 Å². The number of primary amides is 1. The van der Waals surface area contributed by atoms with Crippen LogP contribution in [0.5, 0.6) is 0 Å². The summed E-state index contributed by atoms with van der Waals surface area (Å²) in [5.74, 6) is -9.44. The molecule has 40 heavy (non-hydrogen) atoms. The third kappa shape index (κ3) is 4.18. The van der Waals surface area contributed by atoms with Crippen LogP contribution in [0.4, 0.5) is 18.9 Å². The summed E-state index contributed by atoms with van der Waals surface area (Å²) in [5, 5.41) is 1.77. The Bertz CT molecular complexity index is 1770. The van der Waals surface area contributed by atoms with Gasteiger partial charge in [0, 0.05) is 30.7 Å². The van der Waals surface area contributed by atoms with Crippen LogP contribution in [0.1, 0.15) is 48.2 Å². The van der Waals surface area contributed by atoms with Crippen LogP contribution in [0.3, 0.4) is 0 Å². The molecule has 3 heterocycles. The van der Waals surface area contributed by atoms with Crippen molar-refractivity contribution in [3.05, 3.63) is 65.1 Å². The number of likely N-dealkylation sites (tertiary alicyclic amines) is 1. The molecular formula is C28H28F3N5O4. The van der Waals surface area contributed by atoms with Crippen molar-refractivity contribution in [1.82, 2.24) is 14.8 Å². The van der Waals surface area contributed by atoms with Crippen LogP contribution in [0.25, 0.3) is 10.9 Å². The fourth-order valence-electron chi connectivity index (χ4n) is 5.29. The number of para-hydroxylation sites is 1. The van der Waals surface area contributed by atoms with Gasteiger partial charge in [-0.15, -0.1) is 0 Å². The van der Waals surface area contributed by atoms with Gasteiger partial charge < -0.3 is 25.8 Å². The molecule has 1 aromatic heterocycles. The minimum absolute atomic E-state index is 0.100. The number of carbonyl (C=O) groups excluding carboxylic acids is 4. The predicted molar refractivity (Wildman–Crippen MR) is 140 cm³/mol. The van der Waals surface area contributed by atoms with Crippen molar-refractivity contribution in [3.63, 3.8) is 0 Å². The number of carbonyl (C=O) groups is 4. The van der Waals surface area contributed by atoms with E-state index in [4.69, 9.17) is 11.2 Å². The van der Waals surface area contributed by atoms with E-state index in [1.807, 2.05) is 0 Å². The Labute approximate surface area is 233 Å². The topological polar surface area (TPSA) is 129 Å². The molecule has 0 saturated carbocycles. The summed E-state index contributed by atoms with van der Waals surface area (Å²) in [4.78, 5) is 57.7. The van der Waals surface area contributed by atoms with Gasteiger partial charge in [-0.2, -0.15) is 0 Å². The summed E-state index contributed by atoms with van der Waals surface area (Å²) in [7, 11) is 1.14. The molecule has 12 heteroatoms. The zero-order valence-corrected chi connectivity index (χ0v) is 21.7. The van der Waals surface area contributed by atoms with Crippen molar-refractivity contribution in [2.24, 2.45) is 11.7 Å². The third-order valence-corrected chi connectivity index (χ3v) is 7.29. The second-order valence-corrected chi connectivity index (χ2v) is 10.4. The molecule has 2 aliphatic heterocycles. The lowest BCUT2D eigenvalue weighted by Gasteiger charge is -2.33. The largest absolute Gasteiger partial charge is 0.368 e. The van der Waals surface area contributed by atoms with Crippen LogP contribution in [0.2, 0.25) is 0 Å². The molecule has 2 aliphatic rings. The third-order valence-electron chi connectivity index (χ3n) is 7.29. The Hall–Kier alpha value is -4.35. The molecule has 4 N–H and O–H groups in total. The Balaban J connectivity index is 1.60. The number of halogens is 3. The van der Waals surface area contributed by atoms with Crippen molar-refractivity contribution >= 4 is 40.2 Å². The molecule has 0 unspecified atom stereocenters.